The summed E-state index contributed by atoms with van der Waals surface area (Å²) < 4.78 is 81.3. The number of hydrogen-bond acceptors (Lipinski definition) is 17. The summed E-state index contributed by atoms with van der Waals surface area (Å²) in [6.45, 7) is 1.59. The van der Waals surface area contributed by atoms with E-state index >= 15 is 0 Å². The van der Waals surface area contributed by atoms with Crippen molar-refractivity contribution >= 4 is 73.8 Å². The molecule has 0 radical (unpaired) electrons. The molecule has 4 N–H and O–H groups in total. The van der Waals surface area contributed by atoms with Crippen LogP contribution in [0.5, 0.6) is 11.5 Å². The number of hydrogen-bond donors (Lipinski definition) is 4. The van der Waals surface area contributed by atoms with Gasteiger partial charge in [-0.1, -0.05) is 60.7 Å². The Bertz CT molecular complexity index is 5220. The molecule has 16 rings (SSSR count). The van der Waals surface area contributed by atoms with Crippen molar-refractivity contribution in [1.82, 2.24) is 47.9 Å². The number of pyridine rings is 4. The lowest BCUT2D eigenvalue weighted by Crippen LogP contribution is -2.62. The summed E-state index contributed by atoms with van der Waals surface area (Å²) in [6, 6.07) is 26.5. The third kappa shape index (κ3) is 12.8. The highest BCUT2D eigenvalue weighted by Gasteiger charge is 2.53. The maximum atomic E-state index is 13.0. The second-order valence-electron chi connectivity index (χ2n) is 24.8. The van der Waals surface area contributed by atoms with E-state index in [2.05, 4.69) is 20.0 Å². The molecule has 5 amide bonds. The summed E-state index contributed by atoms with van der Waals surface area (Å²) in [5, 5.41) is 41.3. The fraction of sp³-hybridized carbons (Fsp3) is 0.225. The van der Waals surface area contributed by atoms with Gasteiger partial charge in [-0.2, -0.15) is 4.31 Å². The number of halogens is 4. The molecule has 2 fully saturated rings. The molecule has 8 aliphatic heterocycles. The number of nitrogens with zero attached hydrogens (tertiary/aromatic N) is 12. The molecule has 2 saturated heterocycles. The maximum absolute atomic E-state index is 13.0. The van der Waals surface area contributed by atoms with Gasteiger partial charge in [0.1, 0.15) is 81.8 Å². The Kier molecular flexibility index (Phi) is 18.1. The van der Waals surface area contributed by atoms with Crippen molar-refractivity contribution in [3.8, 4) is 11.5 Å². The molecule has 12 heterocycles. The smallest absolute Gasteiger partial charge is 0.276 e. The Balaban J connectivity index is 0.000000120. The second kappa shape index (κ2) is 27.1. The number of aromatic nitrogens is 4. The van der Waals surface area contributed by atoms with Gasteiger partial charge >= 0.3 is 0 Å². The van der Waals surface area contributed by atoms with Crippen LogP contribution in [0.4, 0.5) is 17.6 Å². The molecule has 4 aromatic carbocycles. The third-order valence-corrected chi connectivity index (χ3v) is 20.3. The number of benzene rings is 4. The summed E-state index contributed by atoms with van der Waals surface area (Å²) in [5.74, 6) is -5.01. The highest BCUT2D eigenvalue weighted by atomic mass is 32.2. The Morgan fingerprint density at radius 1 is 0.564 bits per heavy atom. The van der Waals surface area contributed by atoms with Crippen molar-refractivity contribution in [2.45, 2.75) is 56.6 Å². The van der Waals surface area contributed by atoms with Crippen LogP contribution in [0.2, 0.25) is 0 Å². The molecule has 0 bridgehead atoms. The summed E-state index contributed by atoms with van der Waals surface area (Å²) in [7, 11) is -0.632. The number of fused-ring (bicyclic) bond motifs is 8. The lowest BCUT2D eigenvalue weighted by atomic mass is 9.86. The number of rotatable bonds is 8. The van der Waals surface area contributed by atoms with Crippen LogP contribution in [0.1, 0.15) is 48.8 Å². The number of carbonyl (C=O) groups is 5. The van der Waals surface area contributed by atoms with Crippen molar-refractivity contribution in [3.05, 3.63) is 258 Å². The predicted molar refractivity (Wildman–Crippen MR) is 358 cm³/mol. The third-order valence-electron chi connectivity index (χ3n) is 18.2. The van der Waals surface area contributed by atoms with Crippen molar-refractivity contribution in [2.75, 3.05) is 40.3 Å². The van der Waals surface area contributed by atoms with Gasteiger partial charge in [0.15, 0.2) is 28.9 Å². The molecule has 25 nitrogen and oxygen atoms in total. The molecule has 8 aromatic rings. The molecule has 8 aliphatic rings. The Hall–Kier alpha value is -11.9. The summed E-state index contributed by atoms with van der Waals surface area (Å²) >= 11 is 0. The molecule has 4 unspecified atom stereocenters. The molecule has 101 heavy (non-hydrogen) atoms. The minimum atomic E-state index is -3.83. The number of allylic oxidation sites excluding steroid dienone is 2. The van der Waals surface area contributed by atoms with Crippen LogP contribution in [0.3, 0.4) is 0 Å². The van der Waals surface area contributed by atoms with E-state index in [-0.39, 0.29) is 153 Å². The van der Waals surface area contributed by atoms with Gasteiger partial charge in [-0.15, -0.1) is 0 Å². The van der Waals surface area contributed by atoms with Gasteiger partial charge in [-0.3, -0.25) is 62.6 Å². The number of aliphatic imine (C=N–C) groups is 2. The Labute approximate surface area is 571 Å². The Morgan fingerprint density at radius 2 is 1.13 bits per heavy atom. The average molecular weight is 1400 g/mol. The van der Waals surface area contributed by atoms with Crippen LogP contribution in [-0.4, -0.2) is 176 Å². The molecular formula is C71H60F4N12O13S. The van der Waals surface area contributed by atoms with Crippen LogP contribution in [0.15, 0.2) is 194 Å². The van der Waals surface area contributed by atoms with E-state index in [9.17, 15) is 80.0 Å². The molecule has 4 aromatic heterocycles. The van der Waals surface area contributed by atoms with Crippen LogP contribution in [0, 0.1) is 29.2 Å². The lowest BCUT2D eigenvalue weighted by molar-refractivity contribution is -0.143. The van der Waals surface area contributed by atoms with Gasteiger partial charge in [0.2, 0.25) is 21.8 Å². The second-order valence-corrected chi connectivity index (χ2v) is 26.8. The number of piperazine rings is 2. The first-order valence-electron chi connectivity index (χ1n) is 31.5. The average Bonchev–Trinajstić information content (AvgIpc) is 1.05. The maximum Gasteiger partial charge on any atom is 0.276 e. The van der Waals surface area contributed by atoms with Gasteiger partial charge in [0.25, 0.3) is 28.8 Å². The largest absolute Gasteiger partial charge is 0.508 e. The Morgan fingerprint density at radius 3 is 1.76 bits per heavy atom. The van der Waals surface area contributed by atoms with Crippen LogP contribution in [-0.2, 0) is 63.7 Å². The quantitative estimate of drug-likeness (QED) is 0.124. The molecular weight excluding hydrogens is 1340 g/mol. The number of likely N-dealkylation sites (N-methyl/N-ethyl adjacent to an activating group) is 1. The standard InChI is InChI=1S/C19H18FN3O3.C18H14FN3O3.C17H16FN3O4S.C17H12FN3O3/c1-22-6-7-23-16(19(22)26)17(24)15-14(18(23)25)9-12(10-21-15)8-11-2-4-13(20)5-3-11;1-21-9-22-15(18(21)25)16(23)14-13(17(22)24)7-11(8-20-14)6-10-2-4-12(19)5-3-10;18-12-5-3-11(4-6-12)10-20-8-9-21-15(17(20)23)16(22)14-13(26(21,24)25)2-1-7-19-14;18-11-5-3-10(4-6-11)8-20-9-21-14(17(20)24)15(22)13-12(16(21)23)2-1-7-19-13/h2-5,9-10,14-15,24H,6-8H2,1H3;2-5,7-8,23H,6,9H2,1H3;1-7,13,15,22H,8-10H2;1-7,22H,8-9H2. The number of dihydropyridines is 2. The van der Waals surface area contributed by atoms with Crippen molar-refractivity contribution in [1.29, 1.82) is 0 Å². The first-order valence-corrected chi connectivity index (χ1v) is 33.0. The van der Waals surface area contributed by atoms with E-state index in [0.29, 0.717) is 25.9 Å². The number of aliphatic hydroxyl groups is 2. The number of amides is 5. The topological polar surface area (TPSA) is 314 Å². The van der Waals surface area contributed by atoms with E-state index in [1.54, 1.807) is 99.3 Å². The summed E-state index contributed by atoms with van der Waals surface area (Å²) in [4.78, 5) is 112. The van der Waals surface area contributed by atoms with E-state index in [4.69, 9.17) is 0 Å². The van der Waals surface area contributed by atoms with Crippen molar-refractivity contribution in [3.63, 3.8) is 0 Å². The monoisotopic (exact) mass is 1400 g/mol. The zero-order valence-corrected chi connectivity index (χ0v) is 54.5. The number of aromatic hydroxyl groups is 2. The van der Waals surface area contributed by atoms with Gasteiger partial charge in [-0.25, -0.2) is 26.0 Å². The van der Waals surface area contributed by atoms with Gasteiger partial charge in [0.05, 0.1) is 16.7 Å². The zero-order chi connectivity index (χ0) is 71.5. The van der Waals surface area contributed by atoms with E-state index in [1.807, 2.05) is 0 Å². The molecule has 0 spiro atoms. The number of carbonyl (C=O) groups excluding carboxylic acids is 5. The fourth-order valence-electron chi connectivity index (χ4n) is 13.0. The minimum absolute atomic E-state index is 0.00858. The van der Waals surface area contributed by atoms with Gasteiger partial charge < -0.3 is 44.9 Å². The molecule has 30 heteroatoms. The lowest BCUT2D eigenvalue weighted by Gasteiger charge is -2.43. The highest BCUT2D eigenvalue weighted by Crippen LogP contribution is 2.38. The van der Waals surface area contributed by atoms with Crippen molar-refractivity contribution < 1.29 is 70.4 Å². The molecule has 0 saturated carbocycles. The number of sulfonamides is 1. The summed E-state index contributed by atoms with van der Waals surface area (Å²) in [6.07, 6.45) is 11.7. The van der Waals surface area contributed by atoms with E-state index in [0.717, 1.165) is 37.7 Å². The number of aliphatic hydroxyl groups excluding tert-OH is 2. The van der Waals surface area contributed by atoms with Crippen LogP contribution < -0.4 is 11.1 Å². The SMILES string of the molecule is CN1CCN2C(=O)C3C=C(Cc4ccc(F)cc4)C=NC3C(O)=C2C1=O.CN1Cn2c(c(O)c3ncc(Cc4ccc(F)cc4)cc3c2=O)C1=O.O=C1C2C(O)=C3N=CC=CC3S(=O)(=O)N2CCN1Cc1ccc(F)cc1.O=C1c2c(O)c3ncccc3c(=O)n2CN1Cc1ccc(F)cc1. The van der Waals surface area contributed by atoms with E-state index in [1.165, 1.54) is 107 Å². The normalized spacial score (nSPS) is 20.1. The zero-order valence-electron chi connectivity index (χ0n) is 53.6. The first-order chi connectivity index (χ1) is 48.4. The van der Waals surface area contributed by atoms with E-state index < -0.39 is 51.0 Å². The first kappa shape index (κ1) is 67.6. The molecule has 4 atom stereocenters. The molecule has 516 valence electrons. The van der Waals surface area contributed by atoms with Crippen molar-refractivity contribution in [2.24, 2.45) is 15.9 Å². The summed E-state index contributed by atoms with van der Waals surface area (Å²) in [5.41, 5.74) is 4.24. The van der Waals surface area contributed by atoms with Crippen LogP contribution >= 0.6 is 0 Å². The van der Waals surface area contributed by atoms with Crippen LogP contribution in [0.25, 0.3) is 21.8 Å². The van der Waals surface area contributed by atoms with Gasteiger partial charge in [0, 0.05) is 78.2 Å². The van der Waals surface area contributed by atoms with Gasteiger partial charge in [-0.05, 0) is 119 Å². The molecule has 0 aliphatic carbocycles. The predicted octanol–water partition coefficient (Wildman–Crippen LogP) is 6.14. The minimum Gasteiger partial charge on any atom is -0.508 e. The fourth-order valence-corrected chi connectivity index (χ4v) is 14.9. The highest BCUT2D eigenvalue weighted by molar-refractivity contribution is 7.90.